The molecule has 1 atom stereocenters. The van der Waals surface area contributed by atoms with Gasteiger partial charge in [-0.25, -0.2) is 0 Å². The Kier molecular flexibility index (Phi) is 2.35. The van der Waals surface area contributed by atoms with Gasteiger partial charge in [0, 0.05) is 17.1 Å². The van der Waals surface area contributed by atoms with E-state index >= 15 is 0 Å². The standard InChI is InChI=1S/C14H19N3/c1-14(2)7-3-4-13(14)16-11-5-6-12-10(8-11)9-15-17-12/h5-6,8-9,13,16H,3-4,7H2,1-2H3,(H,15,17). The van der Waals surface area contributed by atoms with Crippen LogP contribution in [-0.4, -0.2) is 16.2 Å². The van der Waals surface area contributed by atoms with Crippen molar-refractivity contribution in [2.75, 3.05) is 5.32 Å². The van der Waals surface area contributed by atoms with Crippen molar-refractivity contribution in [3.05, 3.63) is 24.4 Å². The topological polar surface area (TPSA) is 40.7 Å². The molecule has 1 aromatic heterocycles. The molecule has 0 amide bonds. The number of hydrogen-bond donors (Lipinski definition) is 2. The molecule has 0 radical (unpaired) electrons. The molecule has 1 heterocycles. The number of aromatic nitrogens is 2. The Morgan fingerprint density at radius 1 is 1.41 bits per heavy atom. The number of aromatic amines is 1. The maximum atomic E-state index is 4.05. The van der Waals surface area contributed by atoms with E-state index in [0.29, 0.717) is 11.5 Å². The molecular formula is C14H19N3. The third-order valence-electron chi connectivity index (χ3n) is 4.04. The minimum absolute atomic E-state index is 0.408. The van der Waals surface area contributed by atoms with E-state index < -0.39 is 0 Å². The second kappa shape index (κ2) is 3.76. The van der Waals surface area contributed by atoms with Gasteiger partial charge in [-0.3, -0.25) is 5.10 Å². The number of anilines is 1. The van der Waals surface area contributed by atoms with Gasteiger partial charge < -0.3 is 5.32 Å². The van der Waals surface area contributed by atoms with Gasteiger partial charge in [-0.2, -0.15) is 5.10 Å². The van der Waals surface area contributed by atoms with Gasteiger partial charge in [0.15, 0.2) is 0 Å². The van der Waals surface area contributed by atoms with E-state index in [2.05, 4.69) is 47.6 Å². The zero-order valence-electron chi connectivity index (χ0n) is 10.5. The highest BCUT2D eigenvalue weighted by molar-refractivity contribution is 5.81. The van der Waals surface area contributed by atoms with Crippen LogP contribution in [0.15, 0.2) is 24.4 Å². The second-order valence-corrected chi connectivity index (χ2v) is 5.75. The van der Waals surface area contributed by atoms with Crippen LogP contribution in [0.3, 0.4) is 0 Å². The van der Waals surface area contributed by atoms with Crippen molar-refractivity contribution >= 4 is 16.6 Å². The molecule has 3 rings (SSSR count). The molecule has 1 aliphatic rings. The summed E-state index contributed by atoms with van der Waals surface area (Å²) in [5.74, 6) is 0. The zero-order chi connectivity index (χ0) is 11.9. The molecule has 0 saturated heterocycles. The summed E-state index contributed by atoms with van der Waals surface area (Å²) in [6.45, 7) is 4.71. The van der Waals surface area contributed by atoms with Crippen LogP contribution in [0.5, 0.6) is 0 Å². The first kappa shape index (κ1) is 10.6. The molecule has 0 spiro atoms. The van der Waals surface area contributed by atoms with E-state index in [9.17, 15) is 0 Å². The lowest BCUT2D eigenvalue weighted by atomic mass is 9.87. The highest BCUT2D eigenvalue weighted by atomic mass is 15.1. The molecule has 3 heteroatoms. The van der Waals surface area contributed by atoms with E-state index in [1.165, 1.54) is 30.3 Å². The predicted molar refractivity (Wildman–Crippen MR) is 71.1 cm³/mol. The summed E-state index contributed by atoms with van der Waals surface area (Å²) in [6.07, 6.45) is 5.80. The lowest BCUT2D eigenvalue weighted by Gasteiger charge is -2.28. The first-order valence-corrected chi connectivity index (χ1v) is 6.35. The summed E-state index contributed by atoms with van der Waals surface area (Å²) < 4.78 is 0. The zero-order valence-corrected chi connectivity index (χ0v) is 10.5. The minimum atomic E-state index is 0.408. The van der Waals surface area contributed by atoms with E-state index in [1.54, 1.807) is 0 Å². The van der Waals surface area contributed by atoms with Gasteiger partial charge in [-0.1, -0.05) is 20.3 Å². The van der Waals surface area contributed by atoms with Crippen LogP contribution in [0.4, 0.5) is 5.69 Å². The third kappa shape index (κ3) is 1.90. The van der Waals surface area contributed by atoms with Crippen molar-refractivity contribution in [1.29, 1.82) is 0 Å². The summed E-state index contributed by atoms with van der Waals surface area (Å²) in [7, 11) is 0. The van der Waals surface area contributed by atoms with E-state index in [1.807, 2.05) is 6.20 Å². The number of nitrogens with one attached hydrogen (secondary N) is 2. The Morgan fingerprint density at radius 2 is 2.29 bits per heavy atom. The predicted octanol–water partition coefficient (Wildman–Crippen LogP) is 3.55. The molecule has 1 saturated carbocycles. The number of benzene rings is 1. The molecule has 0 aliphatic heterocycles. The van der Waals surface area contributed by atoms with E-state index in [-0.39, 0.29) is 0 Å². The summed E-state index contributed by atoms with van der Waals surface area (Å²) >= 11 is 0. The Bertz CT molecular complexity index is 527. The Labute approximate surface area is 102 Å². The average Bonchev–Trinajstić information content (AvgIpc) is 2.85. The van der Waals surface area contributed by atoms with Crippen molar-refractivity contribution < 1.29 is 0 Å². The summed E-state index contributed by atoms with van der Waals surface area (Å²) in [6, 6.07) is 6.99. The smallest absolute Gasteiger partial charge is 0.0651 e. The third-order valence-corrected chi connectivity index (χ3v) is 4.04. The van der Waals surface area contributed by atoms with Crippen LogP contribution < -0.4 is 5.32 Å². The molecule has 90 valence electrons. The lowest BCUT2D eigenvalue weighted by molar-refractivity contribution is 0.350. The molecule has 1 unspecified atom stereocenters. The lowest BCUT2D eigenvalue weighted by Crippen LogP contribution is -2.30. The monoisotopic (exact) mass is 229 g/mol. The molecule has 1 aromatic carbocycles. The van der Waals surface area contributed by atoms with E-state index in [4.69, 9.17) is 0 Å². The van der Waals surface area contributed by atoms with Crippen LogP contribution in [0.1, 0.15) is 33.1 Å². The quantitative estimate of drug-likeness (QED) is 0.826. The highest BCUT2D eigenvalue weighted by Crippen LogP contribution is 2.39. The number of nitrogens with zero attached hydrogens (tertiary/aromatic N) is 1. The fraction of sp³-hybridized carbons (Fsp3) is 0.500. The minimum Gasteiger partial charge on any atom is -0.382 e. The Morgan fingerprint density at radius 3 is 3.06 bits per heavy atom. The van der Waals surface area contributed by atoms with Crippen LogP contribution >= 0.6 is 0 Å². The summed E-state index contributed by atoms with van der Waals surface area (Å²) in [4.78, 5) is 0. The maximum Gasteiger partial charge on any atom is 0.0651 e. The Balaban J connectivity index is 1.84. The maximum absolute atomic E-state index is 4.05. The summed E-state index contributed by atoms with van der Waals surface area (Å²) in [5, 5.41) is 11.9. The van der Waals surface area contributed by atoms with Crippen molar-refractivity contribution in [3.63, 3.8) is 0 Å². The average molecular weight is 229 g/mol. The van der Waals surface area contributed by atoms with Crippen LogP contribution in [0.25, 0.3) is 10.9 Å². The van der Waals surface area contributed by atoms with Crippen LogP contribution in [0.2, 0.25) is 0 Å². The fourth-order valence-electron chi connectivity index (χ4n) is 2.83. The van der Waals surface area contributed by atoms with Gasteiger partial charge in [0.25, 0.3) is 0 Å². The molecule has 1 fully saturated rings. The molecule has 2 aromatic rings. The largest absolute Gasteiger partial charge is 0.382 e. The van der Waals surface area contributed by atoms with Crippen molar-refractivity contribution in [1.82, 2.24) is 10.2 Å². The highest BCUT2D eigenvalue weighted by Gasteiger charge is 2.34. The molecule has 17 heavy (non-hydrogen) atoms. The van der Waals surface area contributed by atoms with Crippen molar-refractivity contribution in [3.8, 4) is 0 Å². The first-order chi connectivity index (χ1) is 8.15. The van der Waals surface area contributed by atoms with E-state index in [0.717, 1.165) is 5.52 Å². The van der Waals surface area contributed by atoms with Crippen LogP contribution in [-0.2, 0) is 0 Å². The van der Waals surface area contributed by atoms with Gasteiger partial charge in [-0.15, -0.1) is 0 Å². The number of rotatable bonds is 2. The number of fused-ring (bicyclic) bond motifs is 1. The molecule has 1 aliphatic carbocycles. The van der Waals surface area contributed by atoms with Gasteiger partial charge >= 0.3 is 0 Å². The van der Waals surface area contributed by atoms with Crippen LogP contribution in [0, 0.1) is 5.41 Å². The second-order valence-electron chi connectivity index (χ2n) is 5.75. The molecule has 3 nitrogen and oxygen atoms in total. The summed E-state index contributed by atoms with van der Waals surface area (Å²) in [5.41, 5.74) is 2.71. The van der Waals surface area contributed by atoms with Crippen molar-refractivity contribution in [2.24, 2.45) is 5.41 Å². The van der Waals surface area contributed by atoms with Gasteiger partial charge in [-0.05, 0) is 36.5 Å². The molecule has 2 N–H and O–H groups in total. The fourth-order valence-corrected chi connectivity index (χ4v) is 2.83. The number of hydrogen-bond acceptors (Lipinski definition) is 2. The van der Waals surface area contributed by atoms with Gasteiger partial charge in [0.1, 0.15) is 0 Å². The molecular weight excluding hydrogens is 210 g/mol. The first-order valence-electron chi connectivity index (χ1n) is 6.35. The van der Waals surface area contributed by atoms with Crippen molar-refractivity contribution in [2.45, 2.75) is 39.2 Å². The molecule has 0 bridgehead atoms. The Hall–Kier alpha value is -1.51. The number of H-pyrrole nitrogens is 1. The van der Waals surface area contributed by atoms with Gasteiger partial charge in [0.2, 0.25) is 0 Å². The SMILES string of the molecule is CC1(C)CCCC1Nc1ccc2[nH]ncc2c1. The normalized spacial score (nSPS) is 23.1. The van der Waals surface area contributed by atoms with Gasteiger partial charge in [0.05, 0.1) is 11.7 Å².